The molecule has 29 heavy (non-hydrogen) atoms. The number of nitrogens with zero attached hydrogens (tertiary/aromatic N) is 2. The highest BCUT2D eigenvalue weighted by Crippen LogP contribution is 2.38. The average Bonchev–Trinajstić information content (AvgIpc) is 3.18. The number of carbonyl (C=O) groups excluding carboxylic acids is 1. The Hall–Kier alpha value is -2.97. The Bertz CT molecular complexity index is 955. The summed E-state index contributed by atoms with van der Waals surface area (Å²) in [5.41, 5.74) is -0.848. The first-order chi connectivity index (χ1) is 13.7. The van der Waals surface area contributed by atoms with Crippen LogP contribution in [0.25, 0.3) is 0 Å². The number of hydrogen-bond donors (Lipinski definition) is 0. The number of carbonyl (C=O) groups is 1. The van der Waals surface area contributed by atoms with Crippen LogP contribution < -0.4 is 15.0 Å². The zero-order chi connectivity index (χ0) is 21.2. The number of hydrogen-bond acceptors (Lipinski definition) is 4. The lowest BCUT2D eigenvalue weighted by atomic mass is 10.0. The molecule has 1 fully saturated rings. The minimum Gasteiger partial charge on any atom is -0.497 e. The van der Waals surface area contributed by atoms with Gasteiger partial charge in [0, 0.05) is 30.4 Å². The molecule has 1 aliphatic heterocycles. The van der Waals surface area contributed by atoms with Crippen LogP contribution in [0.3, 0.4) is 0 Å². The smallest absolute Gasteiger partial charge is 0.417 e. The van der Waals surface area contributed by atoms with E-state index in [1.165, 1.54) is 14.2 Å². The van der Waals surface area contributed by atoms with Gasteiger partial charge in [0.25, 0.3) is 5.56 Å². The van der Waals surface area contributed by atoms with Crippen molar-refractivity contribution in [3.63, 3.8) is 0 Å². The highest BCUT2D eigenvalue weighted by molar-refractivity contribution is 5.77. The molecular formula is C20H21F3N2O4. The number of ether oxygens (including phenoxy) is 2. The molecule has 1 atom stereocenters. The van der Waals surface area contributed by atoms with E-state index in [1.807, 2.05) is 6.07 Å². The molecule has 0 N–H and O–H groups in total. The monoisotopic (exact) mass is 410 g/mol. The van der Waals surface area contributed by atoms with Crippen molar-refractivity contribution in [3.05, 3.63) is 58.0 Å². The second-order valence-electron chi connectivity index (χ2n) is 6.73. The summed E-state index contributed by atoms with van der Waals surface area (Å²) in [6, 6.07) is 6.53. The Morgan fingerprint density at radius 2 is 1.93 bits per heavy atom. The lowest BCUT2D eigenvalue weighted by Crippen LogP contribution is -2.36. The summed E-state index contributed by atoms with van der Waals surface area (Å²) in [7, 11) is 3.05. The zero-order valence-electron chi connectivity index (χ0n) is 16.0. The quantitative estimate of drug-likeness (QED) is 0.759. The fourth-order valence-corrected chi connectivity index (χ4v) is 3.54. The van der Waals surface area contributed by atoms with Crippen LogP contribution in [0.4, 0.5) is 13.2 Å². The van der Waals surface area contributed by atoms with Gasteiger partial charge in [-0.25, -0.2) is 0 Å². The third-order valence-corrected chi connectivity index (χ3v) is 4.99. The number of benzene rings is 1. The molecule has 2 heterocycles. The molecule has 2 aromatic rings. The van der Waals surface area contributed by atoms with E-state index in [2.05, 4.69) is 0 Å². The van der Waals surface area contributed by atoms with Crippen molar-refractivity contribution in [2.75, 3.05) is 20.8 Å². The largest absolute Gasteiger partial charge is 0.497 e. The van der Waals surface area contributed by atoms with Crippen LogP contribution in [0.2, 0.25) is 0 Å². The van der Waals surface area contributed by atoms with Gasteiger partial charge in [0.15, 0.2) is 0 Å². The molecule has 3 rings (SSSR count). The highest BCUT2D eigenvalue weighted by atomic mass is 19.4. The van der Waals surface area contributed by atoms with Crippen molar-refractivity contribution in [1.29, 1.82) is 0 Å². The molecule has 0 saturated carbocycles. The predicted octanol–water partition coefficient (Wildman–Crippen LogP) is 3.25. The topological polar surface area (TPSA) is 60.8 Å². The lowest BCUT2D eigenvalue weighted by Gasteiger charge is -2.27. The van der Waals surface area contributed by atoms with E-state index in [4.69, 9.17) is 9.47 Å². The molecule has 0 aliphatic carbocycles. The van der Waals surface area contributed by atoms with Gasteiger partial charge in [-0.05, 0) is 31.0 Å². The molecule has 1 unspecified atom stereocenters. The Morgan fingerprint density at radius 3 is 2.59 bits per heavy atom. The first-order valence-corrected chi connectivity index (χ1v) is 9.03. The van der Waals surface area contributed by atoms with E-state index in [0.29, 0.717) is 36.7 Å². The normalized spacial score (nSPS) is 16.7. The summed E-state index contributed by atoms with van der Waals surface area (Å²) in [5.74, 6) is 0.745. The maximum Gasteiger partial charge on any atom is 0.417 e. The molecule has 0 radical (unpaired) electrons. The van der Waals surface area contributed by atoms with Crippen LogP contribution in [0.15, 0.2) is 41.3 Å². The van der Waals surface area contributed by atoms with E-state index < -0.39 is 29.8 Å². The maximum atomic E-state index is 12.9. The number of pyridine rings is 1. The minimum absolute atomic E-state index is 0.287. The summed E-state index contributed by atoms with van der Waals surface area (Å²) in [5, 5.41) is 0. The van der Waals surface area contributed by atoms with Gasteiger partial charge in [0.05, 0.1) is 25.8 Å². The van der Waals surface area contributed by atoms with Gasteiger partial charge in [0.1, 0.15) is 18.0 Å². The van der Waals surface area contributed by atoms with Gasteiger partial charge < -0.3 is 18.9 Å². The van der Waals surface area contributed by atoms with Crippen LogP contribution in [-0.2, 0) is 17.5 Å². The van der Waals surface area contributed by atoms with Crippen molar-refractivity contribution >= 4 is 5.91 Å². The van der Waals surface area contributed by atoms with Crippen LogP contribution >= 0.6 is 0 Å². The van der Waals surface area contributed by atoms with Gasteiger partial charge in [-0.3, -0.25) is 9.59 Å². The molecule has 1 aliphatic rings. The van der Waals surface area contributed by atoms with E-state index >= 15 is 0 Å². The van der Waals surface area contributed by atoms with Gasteiger partial charge >= 0.3 is 6.18 Å². The van der Waals surface area contributed by atoms with Crippen LogP contribution in [0, 0.1) is 0 Å². The number of halogens is 3. The van der Waals surface area contributed by atoms with Gasteiger partial charge in [-0.2, -0.15) is 13.2 Å². The molecule has 1 aromatic heterocycles. The molecule has 6 nitrogen and oxygen atoms in total. The van der Waals surface area contributed by atoms with Gasteiger partial charge in [-0.1, -0.05) is 0 Å². The number of likely N-dealkylation sites (tertiary alicyclic amines) is 1. The summed E-state index contributed by atoms with van der Waals surface area (Å²) in [6.45, 7) is -0.00980. The molecule has 156 valence electrons. The number of rotatable bonds is 5. The van der Waals surface area contributed by atoms with Crippen molar-refractivity contribution in [1.82, 2.24) is 9.47 Å². The van der Waals surface area contributed by atoms with Gasteiger partial charge in [-0.15, -0.1) is 0 Å². The second kappa shape index (κ2) is 8.18. The summed E-state index contributed by atoms with van der Waals surface area (Å²) in [6.07, 6.45) is -2.49. The maximum absolute atomic E-state index is 12.9. The minimum atomic E-state index is -4.59. The summed E-state index contributed by atoms with van der Waals surface area (Å²) < 4.78 is 50.2. The summed E-state index contributed by atoms with van der Waals surface area (Å²) in [4.78, 5) is 26.4. The number of methoxy groups -OCH3 is 2. The SMILES string of the molecule is COc1ccc(C2CCCN2C(=O)Cn2cc(C(F)(F)F)ccc2=O)c(OC)c1. The standard InChI is InChI=1S/C20H21F3N2O4/c1-28-14-6-7-15(17(10-14)29-2)16-4-3-9-25(16)19(27)12-24-11-13(20(21,22)23)5-8-18(24)26/h5-8,10-11,16H,3-4,9,12H2,1-2H3. The van der Waals surface area contributed by atoms with Gasteiger partial charge in [0.2, 0.25) is 5.91 Å². The zero-order valence-corrected chi connectivity index (χ0v) is 16.0. The Labute approximate surface area is 165 Å². The Morgan fingerprint density at radius 1 is 1.17 bits per heavy atom. The first-order valence-electron chi connectivity index (χ1n) is 9.03. The van der Waals surface area contributed by atoms with Crippen LogP contribution in [0.1, 0.15) is 30.0 Å². The first kappa shape index (κ1) is 20.8. The third kappa shape index (κ3) is 4.38. The molecule has 0 spiro atoms. The molecule has 1 aromatic carbocycles. The Kier molecular flexibility index (Phi) is 5.86. The molecule has 1 saturated heterocycles. The van der Waals surface area contributed by atoms with Crippen molar-refractivity contribution in [2.24, 2.45) is 0 Å². The molecular weight excluding hydrogens is 389 g/mol. The number of alkyl halides is 3. The highest BCUT2D eigenvalue weighted by Gasteiger charge is 2.34. The predicted molar refractivity (Wildman–Crippen MR) is 98.9 cm³/mol. The third-order valence-electron chi connectivity index (χ3n) is 4.99. The molecule has 9 heteroatoms. The van der Waals surface area contributed by atoms with Crippen LogP contribution in [-0.4, -0.2) is 36.1 Å². The molecule has 0 bridgehead atoms. The van der Waals surface area contributed by atoms with E-state index in [-0.39, 0.29) is 6.04 Å². The summed E-state index contributed by atoms with van der Waals surface area (Å²) >= 11 is 0. The van der Waals surface area contributed by atoms with E-state index in [9.17, 15) is 22.8 Å². The Balaban J connectivity index is 1.86. The van der Waals surface area contributed by atoms with E-state index in [0.717, 1.165) is 22.6 Å². The van der Waals surface area contributed by atoms with Crippen molar-refractivity contribution in [3.8, 4) is 11.5 Å². The van der Waals surface area contributed by atoms with Crippen molar-refractivity contribution < 1.29 is 27.4 Å². The lowest BCUT2D eigenvalue weighted by molar-refractivity contribution is -0.139. The molecule has 1 amide bonds. The van der Waals surface area contributed by atoms with Crippen molar-refractivity contribution in [2.45, 2.75) is 31.6 Å². The van der Waals surface area contributed by atoms with E-state index in [1.54, 1.807) is 17.0 Å². The number of aromatic nitrogens is 1. The second-order valence-corrected chi connectivity index (χ2v) is 6.73. The number of amides is 1. The average molecular weight is 410 g/mol. The fraction of sp³-hybridized carbons (Fsp3) is 0.400. The van der Waals surface area contributed by atoms with Crippen LogP contribution in [0.5, 0.6) is 11.5 Å². The fourth-order valence-electron chi connectivity index (χ4n) is 3.54.